The first-order valence-corrected chi connectivity index (χ1v) is 4.88. The second kappa shape index (κ2) is 5.14. The number of aliphatic hydroxyl groups excluding tert-OH is 1. The molecule has 0 aromatic heterocycles. The van der Waals surface area contributed by atoms with Crippen LogP contribution in [-0.2, 0) is 4.79 Å². The zero-order valence-corrected chi connectivity index (χ0v) is 9.54. The monoisotopic (exact) mass is 262 g/mol. The molecule has 0 atom stereocenters. The molecular weight excluding hydrogens is 254 g/mol. The van der Waals surface area contributed by atoms with Crippen molar-refractivity contribution in [2.24, 2.45) is 0 Å². The average Bonchev–Trinajstić information content (AvgIpc) is 2.27. The van der Waals surface area contributed by atoms with E-state index in [0.29, 0.717) is 11.8 Å². The molecule has 1 rings (SSSR count). The van der Waals surface area contributed by atoms with Crippen molar-refractivity contribution in [2.75, 3.05) is 7.11 Å². The Labute approximate surface area is 101 Å². The van der Waals surface area contributed by atoms with Crippen LogP contribution in [0, 0.1) is 0 Å². The minimum absolute atomic E-state index is 0.179. The largest absolute Gasteiger partial charge is 0.507 e. The van der Waals surface area contributed by atoms with Crippen molar-refractivity contribution in [2.45, 2.75) is 5.38 Å². The highest BCUT2D eigenvalue weighted by Crippen LogP contribution is 2.23. The summed E-state index contributed by atoms with van der Waals surface area (Å²) >= 11 is 4.51. The molecule has 0 unspecified atom stereocenters. The second-order valence-corrected chi connectivity index (χ2v) is 3.60. The molecule has 17 heavy (non-hydrogen) atoms. The van der Waals surface area contributed by atoms with Crippen molar-refractivity contribution in [3.05, 3.63) is 35.9 Å². The van der Waals surface area contributed by atoms with Crippen LogP contribution < -0.4 is 4.74 Å². The number of carbonyl (C=O) groups is 1. The molecule has 0 aliphatic rings. The zero-order valence-electron chi connectivity index (χ0n) is 8.78. The number of ether oxygens (including phenoxy) is 1. The Morgan fingerprint density at radius 1 is 1.53 bits per heavy atom. The van der Waals surface area contributed by atoms with Crippen molar-refractivity contribution in [3.8, 4) is 5.75 Å². The summed E-state index contributed by atoms with van der Waals surface area (Å²) in [7, 11) is 1.41. The Balaban J connectivity index is 3.00. The lowest BCUT2D eigenvalue weighted by Gasteiger charge is -2.05. The molecule has 3 nitrogen and oxygen atoms in total. The van der Waals surface area contributed by atoms with E-state index in [1.165, 1.54) is 19.2 Å². The van der Waals surface area contributed by atoms with Crippen molar-refractivity contribution < 1.29 is 23.4 Å². The maximum absolute atomic E-state index is 12.4. The smallest absolute Gasteiger partial charge is 0.384 e. The highest BCUT2D eigenvalue weighted by atomic mass is 35.5. The zero-order chi connectivity index (χ0) is 13.1. The third kappa shape index (κ3) is 3.71. The number of benzene rings is 1. The molecule has 0 fully saturated rings. The highest BCUT2D eigenvalue weighted by Gasteiger charge is 2.34. The van der Waals surface area contributed by atoms with E-state index < -0.39 is 16.9 Å². The molecule has 0 bridgehead atoms. The van der Waals surface area contributed by atoms with Gasteiger partial charge < -0.3 is 9.84 Å². The minimum atomic E-state index is -4.02. The standard InChI is InChI=1S/C11H9ClF2O3/c1-17-8-4-2-3-7(5-8)9(15)6-10(16)11(12,13)14/h2-6,15H,1H3. The maximum Gasteiger partial charge on any atom is 0.384 e. The van der Waals surface area contributed by atoms with Gasteiger partial charge in [0, 0.05) is 11.6 Å². The number of carbonyl (C=O) groups excluding carboxylic acids is 1. The molecule has 0 aliphatic carbocycles. The predicted molar refractivity (Wildman–Crippen MR) is 59.4 cm³/mol. The fourth-order valence-electron chi connectivity index (χ4n) is 1.07. The summed E-state index contributed by atoms with van der Waals surface area (Å²) in [5.74, 6) is -1.86. The molecule has 92 valence electrons. The molecule has 0 heterocycles. The number of aliphatic hydroxyl groups is 1. The summed E-state index contributed by atoms with van der Waals surface area (Å²) < 4.78 is 29.6. The number of rotatable bonds is 4. The topological polar surface area (TPSA) is 46.5 Å². The lowest BCUT2D eigenvalue weighted by molar-refractivity contribution is -0.128. The predicted octanol–water partition coefficient (Wildman–Crippen LogP) is 2.99. The van der Waals surface area contributed by atoms with E-state index in [9.17, 15) is 18.7 Å². The first-order chi connectivity index (χ1) is 7.84. The fourth-order valence-corrected chi connectivity index (χ4v) is 1.13. The van der Waals surface area contributed by atoms with Crippen molar-refractivity contribution in [1.82, 2.24) is 0 Å². The van der Waals surface area contributed by atoms with E-state index in [4.69, 9.17) is 4.74 Å². The number of methoxy groups -OCH3 is 1. The first-order valence-electron chi connectivity index (χ1n) is 4.51. The molecule has 0 aliphatic heterocycles. The van der Waals surface area contributed by atoms with Crippen LogP contribution in [0.3, 0.4) is 0 Å². The van der Waals surface area contributed by atoms with E-state index in [2.05, 4.69) is 11.6 Å². The van der Waals surface area contributed by atoms with Crippen LogP contribution in [0.15, 0.2) is 30.3 Å². The van der Waals surface area contributed by atoms with Crippen molar-refractivity contribution in [1.29, 1.82) is 0 Å². The normalized spacial score (nSPS) is 12.4. The van der Waals surface area contributed by atoms with Gasteiger partial charge in [-0.15, -0.1) is 0 Å². The van der Waals surface area contributed by atoms with Gasteiger partial charge in [-0.25, -0.2) is 0 Å². The van der Waals surface area contributed by atoms with E-state index in [1.807, 2.05) is 0 Å². The Kier molecular flexibility index (Phi) is 4.07. The second-order valence-electron chi connectivity index (χ2n) is 3.12. The van der Waals surface area contributed by atoms with Gasteiger partial charge in [-0.1, -0.05) is 12.1 Å². The van der Waals surface area contributed by atoms with Crippen LogP contribution in [-0.4, -0.2) is 23.4 Å². The number of halogens is 3. The van der Waals surface area contributed by atoms with Crippen LogP contribution in [0.2, 0.25) is 0 Å². The first kappa shape index (κ1) is 13.4. The van der Waals surface area contributed by atoms with Gasteiger partial charge in [0.15, 0.2) is 0 Å². The van der Waals surface area contributed by atoms with Crippen molar-refractivity contribution >= 4 is 23.1 Å². The van der Waals surface area contributed by atoms with Crippen LogP contribution in [0.1, 0.15) is 5.56 Å². The van der Waals surface area contributed by atoms with Gasteiger partial charge in [0.2, 0.25) is 5.78 Å². The molecule has 1 aromatic carbocycles. The summed E-state index contributed by atoms with van der Waals surface area (Å²) in [6.07, 6.45) is 0.377. The number of hydrogen-bond acceptors (Lipinski definition) is 3. The fraction of sp³-hybridized carbons (Fsp3) is 0.182. The van der Waals surface area contributed by atoms with Gasteiger partial charge in [0.25, 0.3) is 0 Å². The van der Waals surface area contributed by atoms with Crippen LogP contribution in [0.4, 0.5) is 8.78 Å². The van der Waals surface area contributed by atoms with Crippen LogP contribution in [0.25, 0.3) is 5.76 Å². The van der Waals surface area contributed by atoms with Crippen LogP contribution in [0.5, 0.6) is 5.75 Å². The Hall–Kier alpha value is -1.62. The highest BCUT2D eigenvalue weighted by molar-refractivity contribution is 6.34. The summed E-state index contributed by atoms with van der Waals surface area (Å²) in [4.78, 5) is 10.9. The lowest BCUT2D eigenvalue weighted by Crippen LogP contribution is -2.19. The van der Waals surface area contributed by atoms with Gasteiger partial charge in [0.1, 0.15) is 11.5 Å². The number of allylic oxidation sites excluding steroid dienone is 1. The number of alkyl halides is 3. The molecule has 0 amide bonds. The molecule has 0 saturated heterocycles. The van der Waals surface area contributed by atoms with Crippen LogP contribution >= 0.6 is 11.6 Å². The Morgan fingerprint density at radius 3 is 2.71 bits per heavy atom. The number of ketones is 1. The molecule has 0 spiro atoms. The maximum atomic E-state index is 12.4. The minimum Gasteiger partial charge on any atom is -0.507 e. The summed E-state index contributed by atoms with van der Waals surface area (Å²) in [6, 6.07) is 5.98. The van der Waals surface area contributed by atoms with Gasteiger partial charge in [-0.05, 0) is 23.7 Å². The van der Waals surface area contributed by atoms with Gasteiger partial charge >= 0.3 is 5.38 Å². The number of hydrogen-bond donors (Lipinski definition) is 1. The summed E-state index contributed by atoms with van der Waals surface area (Å²) in [5.41, 5.74) is 0.179. The Bertz CT molecular complexity index is 452. The molecular formula is C11H9ClF2O3. The average molecular weight is 263 g/mol. The van der Waals surface area contributed by atoms with E-state index in [1.54, 1.807) is 12.1 Å². The third-order valence-corrected chi connectivity index (χ3v) is 2.10. The van der Waals surface area contributed by atoms with E-state index in [0.717, 1.165) is 0 Å². The van der Waals surface area contributed by atoms with Gasteiger partial charge in [-0.2, -0.15) is 8.78 Å². The SMILES string of the molecule is COc1cccc(C(O)=CC(=O)C(F)(F)Cl)c1. The van der Waals surface area contributed by atoms with Gasteiger partial charge in [-0.3, -0.25) is 4.79 Å². The lowest BCUT2D eigenvalue weighted by atomic mass is 10.1. The van der Waals surface area contributed by atoms with Crippen molar-refractivity contribution in [3.63, 3.8) is 0 Å². The molecule has 6 heteroatoms. The molecule has 0 radical (unpaired) electrons. The van der Waals surface area contributed by atoms with E-state index >= 15 is 0 Å². The quantitative estimate of drug-likeness (QED) is 0.515. The van der Waals surface area contributed by atoms with E-state index in [-0.39, 0.29) is 5.56 Å². The van der Waals surface area contributed by atoms with Gasteiger partial charge in [0.05, 0.1) is 7.11 Å². The molecule has 1 aromatic rings. The summed E-state index contributed by atoms with van der Waals surface area (Å²) in [6.45, 7) is 0. The molecule has 1 N–H and O–H groups in total. The third-order valence-electron chi connectivity index (χ3n) is 1.91. The Morgan fingerprint density at radius 2 is 2.18 bits per heavy atom. The summed E-state index contributed by atoms with van der Waals surface area (Å²) in [5, 5.41) is 5.45. The molecule has 0 saturated carbocycles.